The lowest BCUT2D eigenvalue weighted by molar-refractivity contribution is -0.146. The van der Waals surface area contributed by atoms with E-state index in [4.69, 9.17) is 4.74 Å². The van der Waals surface area contributed by atoms with Gasteiger partial charge in [-0.25, -0.2) is 0 Å². The quantitative estimate of drug-likeness (QED) is 0.752. The van der Waals surface area contributed by atoms with Crippen LogP contribution in [0.3, 0.4) is 0 Å². The van der Waals surface area contributed by atoms with Gasteiger partial charge in [-0.05, 0) is 80.1 Å². The van der Waals surface area contributed by atoms with Crippen molar-refractivity contribution >= 4 is 5.78 Å². The lowest BCUT2D eigenvalue weighted by Gasteiger charge is -2.59. The molecule has 1 spiro atoms. The van der Waals surface area contributed by atoms with Gasteiger partial charge in [0, 0.05) is 24.4 Å². The minimum Gasteiger partial charge on any atom is -0.396 e. The van der Waals surface area contributed by atoms with Gasteiger partial charge in [0.05, 0.1) is 12.2 Å². The van der Waals surface area contributed by atoms with Crippen LogP contribution >= 0.6 is 0 Å². The molecule has 5 aliphatic carbocycles. The molecule has 4 saturated carbocycles. The molecule has 0 aromatic carbocycles. The molecular formula is C24H32O3. The second-order valence-electron chi connectivity index (χ2n) is 10.3. The molecule has 0 aromatic heterocycles. The Hall–Kier alpha value is -0.930. The summed E-state index contributed by atoms with van der Waals surface area (Å²) >= 11 is 0. The van der Waals surface area contributed by atoms with E-state index in [9.17, 15) is 9.90 Å². The zero-order valence-corrected chi connectivity index (χ0v) is 16.4. The molecule has 0 amide bonds. The average Bonchev–Trinajstić information content (AvgIpc) is 3.25. The Morgan fingerprint density at radius 2 is 2.11 bits per heavy atom. The highest BCUT2D eigenvalue weighted by atomic mass is 16.5. The number of ether oxygens (including phenoxy) is 1. The smallest absolute Gasteiger partial charge is 0.155 e. The third-order valence-corrected chi connectivity index (χ3v) is 9.84. The number of carbonyl (C=O) groups is 1. The molecule has 9 atom stereocenters. The number of ketones is 1. The zero-order valence-electron chi connectivity index (χ0n) is 16.4. The highest BCUT2D eigenvalue weighted by molar-refractivity contribution is 5.91. The molecule has 1 aliphatic heterocycles. The first-order valence-electron chi connectivity index (χ1n) is 11.3. The second-order valence-corrected chi connectivity index (χ2v) is 10.3. The first kappa shape index (κ1) is 17.0. The summed E-state index contributed by atoms with van der Waals surface area (Å²) in [6.45, 7) is 3.40. The van der Waals surface area contributed by atoms with Crippen molar-refractivity contribution in [2.45, 2.75) is 57.5 Å². The second kappa shape index (κ2) is 5.57. The summed E-state index contributed by atoms with van der Waals surface area (Å²) in [7, 11) is 0. The van der Waals surface area contributed by atoms with E-state index in [1.165, 1.54) is 31.3 Å². The van der Waals surface area contributed by atoms with Gasteiger partial charge >= 0.3 is 0 Å². The topological polar surface area (TPSA) is 46.5 Å². The molecule has 0 aromatic rings. The number of rotatable bonds is 2. The molecule has 4 fully saturated rings. The van der Waals surface area contributed by atoms with Crippen LogP contribution in [-0.2, 0) is 9.53 Å². The van der Waals surface area contributed by atoms with Gasteiger partial charge in [-0.15, -0.1) is 0 Å². The van der Waals surface area contributed by atoms with E-state index < -0.39 is 0 Å². The summed E-state index contributed by atoms with van der Waals surface area (Å²) in [5.74, 6) is 4.78. The normalized spacial score (nSPS) is 55.0. The van der Waals surface area contributed by atoms with E-state index in [0.29, 0.717) is 23.7 Å². The van der Waals surface area contributed by atoms with Gasteiger partial charge < -0.3 is 9.84 Å². The number of carbonyl (C=O) groups excluding carboxylic acids is 1. The van der Waals surface area contributed by atoms with Crippen LogP contribution in [-0.4, -0.2) is 29.7 Å². The maximum Gasteiger partial charge on any atom is 0.155 e. The maximum absolute atomic E-state index is 12.1. The van der Waals surface area contributed by atoms with E-state index in [1.54, 1.807) is 0 Å². The maximum atomic E-state index is 12.1. The van der Waals surface area contributed by atoms with Crippen LogP contribution in [0.15, 0.2) is 23.8 Å². The highest BCUT2D eigenvalue weighted by Crippen LogP contribution is 2.78. The fourth-order valence-corrected chi connectivity index (χ4v) is 9.00. The number of aliphatic hydroxyl groups excluding tert-OH is 1. The molecule has 27 heavy (non-hydrogen) atoms. The number of aliphatic hydroxyl groups is 1. The van der Waals surface area contributed by atoms with E-state index in [0.717, 1.165) is 43.1 Å². The minimum absolute atomic E-state index is 0.00934. The Bertz CT molecular complexity index is 738. The van der Waals surface area contributed by atoms with Gasteiger partial charge in [-0.1, -0.05) is 24.6 Å². The molecule has 1 heterocycles. The predicted octanol–water partition coefficient (Wildman–Crippen LogP) is 3.92. The molecule has 0 bridgehead atoms. The van der Waals surface area contributed by atoms with Crippen LogP contribution in [0.2, 0.25) is 0 Å². The summed E-state index contributed by atoms with van der Waals surface area (Å²) in [6.07, 6.45) is 14.6. The van der Waals surface area contributed by atoms with E-state index in [-0.39, 0.29) is 23.9 Å². The van der Waals surface area contributed by atoms with E-state index >= 15 is 0 Å². The van der Waals surface area contributed by atoms with Gasteiger partial charge in [0.15, 0.2) is 5.78 Å². The van der Waals surface area contributed by atoms with Gasteiger partial charge in [-0.3, -0.25) is 4.79 Å². The molecule has 3 nitrogen and oxygen atoms in total. The number of hydrogen-bond acceptors (Lipinski definition) is 3. The molecule has 6 aliphatic rings. The third kappa shape index (κ3) is 1.93. The van der Waals surface area contributed by atoms with Crippen molar-refractivity contribution in [1.82, 2.24) is 0 Å². The zero-order chi connectivity index (χ0) is 18.4. The third-order valence-electron chi connectivity index (χ3n) is 9.84. The van der Waals surface area contributed by atoms with Crippen LogP contribution in [0, 0.1) is 46.8 Å². The molecular weight excluding hydrogens is 336 g/mol. The minimum atomic E-state index is 0.00934. The van der Waals surface area contributed by atoms with Crippen LogP contribution in [0.25, 0.3) is 0 Å². The summed E-state index contributed by atoms with van der Waals surface area (Å²) < 4.78 is 6.56. The average molecular weight is 369 g/mol. The Kier molecular flexibility index (Phi) is 3.50. The van der Waals surface area contributed by atoms with Crippen LogP contribution in [0.4, 0.5) is 0 Å². The first-order valence-corrected chi connectivity index (χ1v) is 11.3. The van der Waals surface area contributed by atoms with Crippen molar-refractivity contribution in [3.05, 3.63) is 23.8 Å². The molecule has 0 saturated heterocycles. The van der Waals surface area contributed by atoms with Gasteiger partial charge in [0.2, 0.25) is 0 Å². The molecule has 1 N–H and O–H groups in total. The van der Waals surface area contributed by atoms with Crippen molar-refractivity contribution in [1.29, 1.82) is 0 Å². The molecule has 0 radical (unpaired) electrons. The standard InChI is InChI=1S/C24H32O3/c1-2-23-8-6-17-16-5-4-15(26)11-18(16)14(13-25)10-19(17)22(23)20-12-21(20)24(23)7-3-9-27-24/h3,7,11,14,16-17,19-22,25H,2,4-6,8-10,12-13H2,1H3/t14-,16+,17?,19?,20-,21+,22?,23-,24-/m0/s1. The van der Waals surface area contributed by atoms with Crippen LogP contribution in [0.1, 0.15) is 51.9 Å². The SMILES string of the molecule is CC[C@]12CCC3C(C[C@@H](CO)C4=CC(=O)CC[C@@H]43)C1[C@H]1C[C@H]1[C@@]21C=CCO1. The largest absolute Gasteiger partial charge is 0.396 e. The van der Waals surface area contributed by atoms with Crippen molar-refractivity contribution in [2.24, 2.45) is 46.8 Å². The lowest BCUT2D eigenvalue weighted by atomic mass is 9.46. The highest BCUT2D eigenvalue weighted by Gasteiger charge is 2.77. The van der Waals surface area contributed by atoms with E-state index in [1.807, 2.05) is 6.08 Å². The Morgan fingerprint density at radius 1 is 1.22 bits per heavy atom. The molecule has 3 heteroatoms. The summed E-state index contributed by atoms with van der Waals surface area (Å²) in [6, 6.07) is 0. The van der Waals surface area contributed by atoms with E-state index in [2.05, 4.69) is 19.1 Å². The Morgan fingerprint density at radius 3 is 2.85 bits per heavy atom. The van der Waals surface area contributed by atoms with Crippen LogP contribution < -0.4 is 0 Å². The number of hydrogen-bond donors (Lipinski definition) is 1. The Balaban J connectivity index is 1.42. The van der Waals surface area contributed by atoms with Gasteiger partial charge in [0.25, 0.3) is 0 Å². The fraction of sp³-hybridized carbons (Fsp3) is 0.792. The number of fused-ring (bicyclic) bond motifs is 9. The first-order chi connectivity index (χ1) is 13.1. The van der Waals surface area contributed by atoms with Crippen molar-refractivity contribution in [2.75, 3.05) is 13.2 Å². The summed E-state index contributed by atoms with van der Waals surface area (Å²) in [4.78, 5) is 12.1. The van der Waals surface area contributed by atoms with Gasteiger partial charge in [-0.2, -0.15) is 0 Å². The summed E-state index contributed by atoms with van der Waals surface area (Å²) in [5.41, 5.74) is 1.62. The predicted molar refractivity (Wildman–Crippen MR) is 103 cm³/mol. The van der Waals surface area contributed by atoms with Crippen molar-refractivity contribution in [3.8, 4) is 0 Å². The lowest BCUT2D eigenvalue weighted by Crippen LogP contribution is -2.56. The fourth-order valence-electron chi connectivity index (χ4n) is 9.00. The molecule has 6 rings (SSSR count). The summed E-state index contributed by atoms with van der Waals surface area (Å²) in [5, 5.41) is 10.2. The van der Waals surface area contributed by atoms with Crippen molar-refractivity contribution in [3.63, 3.8) is 0 Å². The van der Waals surface area contributed by atoms with Crippen LogP contribution in [0.5, 0.6) is 0 Å². The molecule has 146 valence electrons. The van der Waals surface area contributed by atoms with Gasteiger partial charge in [0.1, 0.15) is 0 Å². The Labute approximate surface area is 162 Å². The van der Waals surface area contributed by atoms with Crippen molar-refractivity contribution < 1.29 is 14.6 Å². The molecule has 3 unspecified atom stereocenters. The monoisotopic (exact) mass is 368 g/mol.